The lowest BCUT2D eigenvalue weighted by Crippen LogP contribution is -2.24. The number of ether oxygens (including phenoxy) is 3. The van der Waals surface area contributed by atoms with Gasteiger partial charge in [0, 0.05) is 29.5 Å². The van der Waals surface area contributed by atoms with Crippen LogP contribution in [0.4, 0.5) is 20.2 Å². The first-order chi connectivity index (χ1) is 19.4. The second kappa shape index (κ2) is 12.5. The minimum absolute atomic E-state index is 0.0767. The molecule has 0 aliphatic carbocycles. The zero-order valence-electron chi connectivity index (χ0n) is 21.7. The lowest BCUT2D eigenvalue weighted by Gasteiger charge is -2.22. The summed E-state index contributed by atoms with van der Waals surface area (Å²) in [5, 5.41) is 11.4. The first-order valence-corrected chi connectivity index (χ1v) is 13.2. The van der Waals surface area contributed by atoms with Crippen molar-refractivity contribution in [3.05, 3.63) is 88.6 Å². The van der Waals surface area contributed by atoms with E-state index in [-0.39, 0.29) is 28.3 Å². The third-order valence-corrected chi connectivity index (χ3v) is 6.78. The summed E-state index contributed by atoms with van der Waals surface area (Å²) in [5.74, 6) is -1.43. The average molecular weight is 569 g/mol. The largest absolute Gasteiger partial charge is 0.496 e. The SMILES string of the molecule is COc1ccc(-c2cn(CCOC3CCCCO3)nn2)cc1C(=O)c1ccc(Nc2ccc(F)cc2F)cc1Cl. The quantitative estimate of drug-likeness (QED) is 0.221. The number of halogens is 3. The Hall–Kier alpha value is -3.86. The van der Waals surface area contributed by atoms with E-state index in [4.69, 9.17) is 25.8 Å². The van der Waals surface area contributed by atoms with E-state index in [1.165, 1.54) is 25.3 Å². The Kier molecular flexibility index (Phi) is 8.69. The molecule has 5 rings (SSSR count). The molecule has 1 fully saturated rings. The highest BCUT2D eigenvalue weighted by Crippen LogP contribution is 2.31. The van der Waals surface area contributed by atoms with E-state index in [1.54, 1.807) is 35.1 Å². The van der Waals surface area contributed by atoms with Crippen LogP contribution in [0.1, 0.15) is 35.2 Å². The van der Waals surface area contributed by atoms with E-state index in [9.17, 15) is 13.6 Å². The van der Waals surface area contributed by atoms with Crippen molar-refractivity contribution in [2.24, 2.45) is 0 Å². The van der Waals surface area contributed by atoms with Crippen LogP contribution in [0, 0.1) is 11.6 Å². The summed E-state index contributed by atoms with van der Waals surface area (Å²) in [7, 11) is 1.48. The smallest absolute Gasteiger partial charge is 0.198 e. The average Bonchev–Trinajstić information content (AvgIpc) is 3.43. The molecule has 0 saturated carbocycles. The van der Waals surface area contributed by atoms with Gasteiger partial charge in [0.05, 0.1) is 42.7 Å². The molecule has 1 atom stereocenters. The number of hydrogen-bond acceptors (Lipinski definition) is 7. The molecule has 1 aromatic heterocycles. The van der Waals surface area contributed by atoms with Gasteiger partial charge in [0.25, 0.3) is 0 Å². The summed E-state index contributed by atoms with van der Waals surface area (Å²) in [6.07, 6.45) is 4.66. The Bertz CT molecular complexity index is 1510. The Morgan fingerprint density at radius 3 is 2.75 bits per heavy atom. The van der Waals surface area contributed by atoms with Gasteiger partial charge in [-0.2, -0.15) is 0 Å². The molecular formula is C29H27ClF2N4O4. The van der Waals surface area contributed by atoms with E-state index >= 15 is 0 Å². The van der Waals surface area contributed by atoms with Crippen molar-refractivity contribution < 1.29 is 27.8 Å². The van der Waals surface area contributed by atoms with Gasteiger partial charge in [0.1, 0.15) is 23.1 Å². The third-order valence-electron chi connectivity index (χ3n) is 6.46. The maximum atomic E-state index is 14.0. The summed E-state index contributed by atoms with van der Waals surface area (Å²) in [5.41, 5.74) is 2.29. The first-order valence-electron chi connectivity index (χ1n) is 12.8. The number of methoxy groups -OCH3 is 1. The second-order valence-corrected chi connectivity index (χ2v) is 9.63. The molecule has 0 amide bonds. The minimum Gasteiger partial charge on any atom is -0.496 e. The standard InChI is InChI=1S/C29H27ClF2N4O4/c1-38-27-10-5-18(26-17-36(35-34-26)11-13-40-28-4-2-3-12-39-28)14-22(27)29(37)21-8-7-20(16-23(21)30)33-25-9-6-19(31)15-24(25)32/h5-10,14-17,28,33H,2-4,11-13H2,1H3. The Morgan fingerprint density at radius 2 is 2.00 bits per heavy atom. The third kappa shape index (κ3) is 6.47. The van der Waals surface area contributed by atoms with Crippen molar-refractivity contribution >= 4 is 28.8 Å². The van der Waals surface area contributed by atoms with Crippen LogP contribution in [0.2, 0.25) is 5.02 Å². The molecule has 8 nitrogen and oxygen atoms in total. The van der Waals surface area contributed by atoms with Crippen LogP contribution in [0.3, 0.4) is 0 Å². The lowest BCUT2D eigenvalue weighted by molar-refractivity contribution is -0.163. The van der Waals surface area contributed by atoms with Gasteiger partial charge in [-0.15, -0.1) is 5.10 Å². The molecule has 2 heterocycles. The van der Waals surface area contributed by atoms with Crippen LogP contribution in [0.15, 0.2) is 60.8 Å². The van der Waals surface area contributed by atoms with Gasteiger partial charge in [-0.3, -0.25) is 4.79 Å². The summed E-state index contributed by atoms with van der Waals surface area (Å²) in [6.45, 7) is 1.67. The number of aromatic nitrogens is 3. The van der Waals surface area contributed by atoms with Gasteiger partial charge in [-0.05, 0) is 67.8 Å². The highest BCUT2D eigenvalue weighted by Gasteiger charge is 2.20. The number of carbonyl (C=O) groups is 1. The molecule has 1 aliphatic rings. The predicted octanol–water partition coefficient (Wildman–Crippen LogP) is 6.40. The van der Waals surface area contributed by atoms with E-state index in [0.717, 1.165) is 38.0 Å². The monoisotopic (exact) mass is 568 g/mol. The van der Waals surface area contributed by atoms with Crippen molar-refractivity contribution in [3.63, 3.8) is 0 Å². The number of benzene rings is 3. The van der Waals surface area contributed by atoms with Crippen molar-refractivity contribution in [2.45, 2.75) is 32.1 Å². The Morgan fingerprint density at radius 1 is 1.12 bits per heavy atom. The lowest BCUT2D eigenvalue weighted by atomic mass is 9.99. The Labute approximate surface area is 234 Å². The molecule has 4 aromatic rings. The molecule has 40 heavy (non-hydrogen) atoms. The molecule has 0 radical (unpaired) electrons. The molecule has 0 spiro atoms. The van der Waals surface area contributed by atoms with E-state index < -0.39 is 11.6 Å². The molecule has 208 valence electrons. The molecule has 1 saturated heterocycles. The van der Waals surface area contributed by atoms with Crippen molar-refractivity contribution in [3.8, 4) is 17.0 Å². The number of nitrogens with zero attached hydrogens (tertiary/aromatic N) is 3. The number of carbonyl (C=O) groups excluding carboxylic acids is 1. The molecular weight excluding hydrogens is 542 g/mol. The van der Waals surface area contributed by atoms with Crippen LogP contribution in [-0.2, 0) is 16.0 Å². The van der Waals surface area contributed by atoms with Gasteiger partial charge >= 0.3 is 0 Å². The van der Waals surface area contributed by atoms with Crippen LogP contribution >= 0.6 is 11.6 Å². The molecule has 3 aromatic carbocycles. The van der Waals surface area contributed by atoms with Gasteiger partial charge in [-0.1, -0.05) is 16.8 Å². The molecule has 1 unspecified atom stereocenters. The zero-order valence-corrected chi connectivity index (χ0v) is 22.5. The minimum atomic E-state index is -0.750. The maximum absolute atomic E-state index is 14.0. The van der Waals surface area contributed by atoms with Gasteiger partial charge < -0.3 is 19.5 Å². The zero-order chi connectivity index (χ0) is 28.1. The number of anilines is 2. The fourth-order valence-electron chi connectivity index (χ4n) is 4.37. The van der Waals surface area contributed by atoms with Crippen LogP contribution < -0.4 is 10.1 Å². The summed E-state index contributed by atoms with van der Waals surface area (Å²) in [6, 6.07) is 13.0. The number of nitrogens with one attached hydrogen (secondary N) is 1. The topological polar surface area (TPSA) is 87.5 Å². The van der Waals surface area contributed by atoms with Crippen LogP contribution in [-0.4, -0.2) is 47.4 Å². The van der Waals surface area contributed by atoms with Crippen molar-refractivity contribution in [2.75, 3.05) is 25.6 Å². The number of ketones is 1. The van der Waals surface area contributed by atoms with Crippen molar-refractivity contribution in [1.82, 2.24) is 15.0 Å². The molecule has 1 N–H and O–H groups in total. The van der Waals surface area contributed by atoms with Gasteiger partial charge in [0.2, 0.25) is 0 Å². The van der Waals surface area contributed by atoms with E-state index in [2.05, 4.69) is 15.6 Å². The molecule has 11 heteroatoms. The normalized spacial score (nSPS) is 15.2. The van der Waals surface area contributed by atoms with E-state index in [0.29, 0.717) is 41.4 Å². The fourth-order valence-corrected chi connectivity index (χ4v) is 4.64. The maximum Gasteiger partial charge on any atom is 0.198 e. The second-order valence-electron chi connectivity index (χ2n) is 9.22. The highest BCUT2D eigenvalue weighted by atomic mass is 35.5. The molecule has 1 aliphatic heterocycles. The molecule has 0 bridgehead atoms. The fraction of sp³-hybridized carbons (Fsp3) is 0.276. The summed E-state index contributed by atoms with van der Waals surface area (Å²) < 4.78 is 45.7. The van der Waals surface area contributed by atoms with E-state index in [1.807, 2.05) is 0 Å². The van der Waals surface area contributed by atoms with Crippen LogP contribution in [0.5, 0.6) is 5.75 Å². The number of rotatable bonds is 10. The highest BCUT2D eigenvalue weighted by molar-refractivity contribution is 6.35. The van der Waals surface area contributed by atoms with Gasteiger partial charge in [0.15, 0.2) is 12.1 Å². The first kappa shape index (κ1) is 27.7. The predicted molar refractivity (Wildman–Crippen MR) is 146 cm³/mol. The Balaban J connectivity index is 1.31. The van der Waals surface area contributed by atoms with Crippen molar-refractivity contribution in [1.29, 1.82) is 0 Å². The van der Waals surface area contributed by atoms with Gasteiger partial charge in [-0.25, -0.2) is 13.5 Å². The summed E-state index contributed by atoms with van der Waals surface area (Å²) in [4.78, 5) is 13.5. The number of hydrogen-bond donors (Lipinski definition) is 1. The van der Waals surface area contributed by atoms with Crippen LogP contribution in [0.25, 0.3) is 11.3 Å². The summed E-state index contributed by atoms with van der Waals surface area (Å²) >= 11 is 6.46.